The van der Waals surface area contributed by atoms with E-state index in [1.54, 1.807) is 24.3 Å². The molecule has 58 valence electrons. The van der Waals surface area contributed by atoms with Gasteiger partial charge in [0, 0.05) is 10.5 Å². The van der Waals surface area contributed by atoms with Gasteiger partial charge < -0.3 is 0 Å². The van der Waals surface area contributed by atoms with Gasteiger partial charge in [0.15, 0.2) is 12.5 Å². The van der Waals surface area contributed by atoms with Crippen LogP contribution in [0.4, 0.5) is 4.39 Å². The number of Topliss-reactive ketones (excluding diaryl/α,β-unsaturated/α-hetero) is 1. The molecule has 1 nitrogen and oxygen atoms in total. The first kappa shape index (κ1) is 8.27. The number of hydrogen-bond donors (Lipinski definition) is 1. The maximum Gasteiger partial charge on any atom is 0.193 e. The Labute approximate surface area is 69.6 Å². The SMILES string of the molecule is O=C(CF)c1ccc(S)cc1. The topological polar surface area (TPSA) is 17.1 Å². The summed E-state index contributed by atoms with van der Waals surface area (Å²) in [6.45, 7) is -0.939. The Kier molecular flexibility index (Phi) is 2.65. The lowest BCUT2D eigenvalue weighted by molar-refractivity contribution is 0.0958. The molecule has 11 heavy (non-hydrogen) atoms. The normalized spacial score (nSPS) is 9.64. The van der Waals surface area contributed by atoms with Crippen LogP contribution in [0.1, 0.15) is 10.4 Å². The monoisotopic (exact) mass is 170 g/mol. The lowest BCUT2D eigenvalue weighted by Gasteiger charge is -1.95. The summed E-state index contributed by atoms with van der Waals surface area (Å²) < 4.78 is 11.8. The van der Waals surface area contributed by atoms with E-state index in [2.05, 4.69) is 12.6 Å². The number of carbonyl (C=O) groups is 1. The number of halogens is 1. The van der Waals surface area contributed by atoms with Gasteiger partial charge in [-0.3, -0.25) is 4.79 Å². The molecule has 0 spiro atoms. The van der Waals surface area contributed by atoms with E-state index < -0.39 is 12.5 Å². The van der Waals surface area contributed by atoms with Gasteiger partial charge in [0.2, 0.25) is 0 Å². The predicted molar refractivity (Wildman–Crippen MR) is 44.0 cm³/mol. The Morgan fingerprint density at radius 3 is 2.36 bits per heavy atom. The van der Waals surface area contributed by atoms with Gasteiger partial charge >= 0.3 is 0 Å². The van der Waals surface area contributed by atoms with Gasteiger partial charge in [0.05, 0.1) is 0 Å². The number of alkyl halides is 1. The molecule has 0 bridgehead atoms. The molecule has 0 atom stereocenters. The molecule has 0 saturated carbocycles. The Balaban J connectivity index is 2.90. The Hall–Kier alpha value is -0.830. The summed E-state index contributed by atoms with van der Waals surface area (Å²) in [6.07, 6.45) is 0. The molecule has 0 saturated heterocycles. The Morgan fingerprint density at radius 1 is 1.36 bits per heavy atom. The van der Waals surface area contributed by atoms with E-state index in [-0.39, 0.29) is 0 Å². The molecule has 0 aliphatic rings. The van der Waals surface area contributed by atoms with Crippen molar-refractivity contribution >= 4 is 18.4 Å². The van der Waals surface area contributed by atoms with Crippen molar-refractivity contribution in [3.8, 4) is 0 Å². The second-order valence-corrected chi connectivity index (χ2v) is 2.62. The van der Waals surface area contributed by atoms with E-state index in [1.807, 2.05) is 0 Å². The molecule has 1 aromatic rings. The Bertz CT molecular complexity index is 255. The third kappa shape index (κ3) is 2.05. The van der Waals surface area contributed by atoms with Crippen LogP contribution in [-0.2, 0) is 0 Å². The van der Waals surface area contributed by atoms with Crippen LogP contribution < -0.4 is 0 Å². The number of hydrogen-bond acceptors (Lipinski definition) is 2. The fourth-order valence-corrected chi connectivity index (χ4v) is 0.874. The van der Waals surface area contributed by atoms with Gasteiger partial charge in [0.1, 0.15) is 0 Å². The van der Waals surface area contributed by atoms with Crippen molar-refractivity contribution in [3.63, 3.8) is 0 Å². The van der Waals surface area contributed by atoms with E-state index in [1.165, 1.54) is 0 Å². The van der Waals surface area contributed by atoms with Crippen LogP contribution in [0, 0.1) is 0 Å². The first-order valence-electron chi connectivity index (χ1n) is 3.12. The molecule has 0 amide bonds. The quantitative estimate of drug-likeness (QED) is 0.531. The summed E-state index contributed by atoms with van der Waals surface area (Å²) in [5.74, 6) is -0.488. The van der Waals surface area contributed by atoms with E-state index in [0.29, 0.717) is 5.56 Å². The van der Waals surface area contributed by atoms with Gasteiger partial charge in [0.25, 0.3) is 0 Å². The molecule has 0 radical (unpaired) electrons. The number of rotatable bonds is 2. The molecule has 1 aromatic carbocycles. The zero-order valence-corrected chi connectivity index (χ0v) is 6.64. The van der Waals surface area contributed by atoms with Gasteiger partial charge in [-0.05, 0) is 12.1 Å². The van der Waals surface area contributed by atoms with E-state index in [0.717, 1.165) is 4.90 Å². The summed E-state index contributed by atoms with van der Waals surface area (Å²) in [4.78, 5) is 11.5. The third-order valence-electron chi connectivity index (χ3n) is 1.31. The van der Waals surface area contributed by atoms with Crippen LogP contribution in [-0.4, -0.2) is 12.5 Å². The maximum absolute atomic E-state index is 11.8. The summed E-state index contributed by atoms with van der Waals surface area (Å²) in [6, 6.07) is 6.44. The van der Waals surface area contributed by atoms with E-state index in [9.17, 15) is 9.18 Å². The van der Waals surface area contributed by atoms with Gasteiger partial charge in [-0.25, -0.2) is 4.39 Å². The molecule has 0 unspecified atom stereocenters. The minimum absolute atomic E-state index is 0.394. The number of thiol groups is 1. The molecule has 0 aliphatic heterocycles. The van der Waals surface area contributed by atoms with Crippen LogP contribution in [0.3, 0.4) is 0 Å². The lowest BCUT2D eigenvalue weighted by atomic mass is 10.1. The molecule has 0 N–H and O–H groups in total. The first-order chi connectivity index (χ1) is 5.24. The van der Waals surface area contributed by atoms with Gasteiger partial charge in [-0.2, -0.15) is 0 Å². The van der Waals surface area contributed by atoms with Crippen molar-refractivity contribution in [1.82, 2.24) is 0 Å². The van der Waals surface area contributed by atoms with Gasteiger partial charge in [-0.15, -0.1) is 12.6 Å². The minimum Gasteiger partial charge on any atom is -0.291 e. The van der Waals surface area contributed by atoms with Crippen LogP contribution in [0.5, 0.6) is 0 Å². The molecular weight excluding hydrogens is 163 g/mol. The zero-order valence-electron chi connectivity index (χ0n) is 5.75. The van der Waals surface area contributed by atoms with Crippen LogP contribution >= 0.6 is 12.6 Å². The Morgan fingerprint density at radius 2 is 1.91 bits per heavy atom. The lowest BCUT2D eigenvalue weighted by Crippen LogP contribution is -1.99. The second kappa shape index (κ2) is 3.53. The number of benzene rings is 1. The molecule has 0 fully saturated rings. The number of carbonyl (C=O) groups excluding carboxylic acids is 1. The summed E-state index contributed by atoms with van der Waals surface area (Å²) in [5, 5.41) is 0. The highest BCUT2D eigenvalue weighted by atomic mass is 32.1. The molecular formula is C8H7FOS. The van der Waals surface area contributed by atoms with Crippen LogP contribution in [0.15, 0.2) is 29.2 Å². The average Bonchev–Trinajstić information content (AvgIpc) is 2.05. The largest absolute Gasteiger partial charge is 0.291 e. The van der Waals surface area contributed by atoms with Crippen molar-refractivity contribution in [2.45, 2.75) is 4.90 Å². The standard InChI is InChI=1S/C8H7FOS/c9-5-8(10)6-1-3-7(11)4-2-6/h1-4,11H,5H2. The molecule has 0 aromatic heterocycles. The van der Waals surface area contributed by atoms with Crippen molar-refractivity contribution in [2.24, 2.45) is 0 Å². The fourth-order valence-electron chi connectivity index (χ4n) is 0.724. The number of ketones is 1. The second-order valence-electron chi connectivity index (χ2n) is 2.10. The maximum atomic E-state index is 11.8. The van der Waals surface area contributed by atoms with E-state index in [4.69, 9.17) is 0 Å². The molecule has 3 heteroatoms. The van der Waals surface area contributed by atoms with Crippen LogP contribution in [0.25, 0.3) is 0 Å². The van der Waals surface area contributed by atoms with Gasteiger partial charge in [-0.1, -0.05) is 12.1 Å². The highest BCUT2D eigenvalue weighted by Crippen LogP contribution is 2.08. The molecule has 1 rings (SSSR count). The summed E-state index contributed by atoms with van der Waals surface area (Å²) in [7, 11) is 0. The highest BCUT2D eigenvalue weighted by Gasteiger charge is 2.02. The predicted octanol–water partition coefficient (Wildman–Crippen LogP) is 2.13. The highest BCUT2D eigenvalue weighted by molar-refractivity contribution is 7.80. The van der Waals surface area contributed by atoms with Crippen molar-refractivity contribution in [3.05, 3.63) is 29.8 Å². The third-order valence-corrected chi connectivity index (χ3v) is 1.61. The summed E-state index contributed by atoms with van der Waals surface area (Å²) in [5.41, 5.74) is 0.394. The van der Waals surface area contributed by atoms with E-state index >= 15 is 0 Å². The van der Waals surface area contributed by atoms with Crippen LogP contribution in [0.2, 0.25) is 0 Å². The minimum atomic E-state index is -0.939. The smallest absolute Gasteiger partial charge is 0.193 e. The summed E-state index contributed by atoms with van der Waals surface area (Å²) >= 11 is 4.02. The zero-order chi connectivity index (χ0) is 8.27. The van der Waals surface area contributed by atoms with Crippen molar-refractivity contribution in [2.75, 3.05) is 6.67 Å². The average molecular weight is 170 g/mol. The first-order valence-corrected chi connectivity index (χ1v) is 3.57. The fraction of sp³-hybridized carbons (Fsp3) is 0.125. The van der Waals surface area contributed by atoms with Crippen molar-refractivity contribution in [1.29, 1.82) is 0 Å². The molecule has 0 aliphatic carbocycles. The van der Waals surface area contributed by atoms with Crippen molar-refractivity contribution < 1.29 is 9.18 Å². The molecule has 0 heterocycles.